The van der Waals surface area contributed by atoms with Crippen molar-refractivity contribution in [3.8, 4) is 0 Å². The van der Waals surface area contributed by atoms with Crippen LogP contribution in [-0.4, -0.2) is 42.0 Å². The summed E-state index contributed by atoms with van der Waals surface area (Å²) in [5.74, 6) is -0.420. The van der Waals surface area contributed by atoms with Gasteiger partial charge < -0.3 is 9.80 Å². The summed E-state index contributed by atoms with van der Waals surface area (Å²) in [4.78, 5) is 21.0. The monoisotopic (exact) mass is 368 g/mol. The van der Waals surface area contributed by atoms with Crippen molar-refractivity contribution in [2.24, 2.45) is 0 Å². The maximum atomic E-state index is 13.0. The number of anilines is 1. The van der Waals surface area contributed by atoms with Crippen LogP contribution in [0, 0.1) is 11.9 Å². The largest absolute Gasteiger partial charge is 0.366 e. The minimum absolute atomic E-state index is 0.0762. The lowest BCUT2D eigenvalue weighted by Crippen LogP contribution is -2.48. The van der Waals surface area contributed by atoms with Gasteiger partial charge in [0.2, 0.25) is 0 Å². The van der Waals surface area contributed by atoms with Crippen molar-refractivity contribution < 1.29 is 9.18 Å². The Morgan fingerprint density at radius 3 is 2.58 bits per heavy atom. The van der Waals surface area contributed by atoms with E-state index in [1.807, 2.05) is 12.1 Å². The topological polar surface area (TPSA) is 36.4 Å². The van der Waals surface area contributed by atoms with Gasteiger partial charge in [-0.25, -0.2) is 4.39 Å². The van der Waals surface area contributed by atoms with E-state index in [0.29, 0.717) is 36.8 Å². The zero-order valence-electron chi connectivity index (χ0n) is 14.0. The fourth-order valence-electron chi connectivity index (χ4n) is 3.21. The van der Waals surface area contributed by atoms with Crippen LogP contribution >= 0.6 is 11.6 Å². The first-order valence-corrected chi connectivity index (χ1v) is 8.76. The molecular formula is C20H16ClFN3O. The average molecular weight is 369 g/mol. The van der Waals surface area contributed by atoms with Gasteiger partial charge in [0.15, 0.2) is 0 Å². The second kappa shape index (κ2) is 6.92. The van der Waals surface area contributed by atoms with Crippen LogP contribution in [0.5, 0.6) is 0 Å². The van der Waals surface area contributed by atoms with E-state index in [2.05, 4.69) is 16.0 Å². The first kappa shape index (κ1) is 16.8. The third-order valence-electron chi connectivity index (χ3n) is 4.60. The lowest BCUT2D eigenvalue weighted by atomic mass is 10.1. The molecule has 3 aromatic rings. The number of rotatable bonds is 2. The second-order valence-electron chi connectivity index (χ2n) is 6.17. The summed E-state index contributed by atoms with van der Waals surface area (Å²) in [6.07, 6.45) is 1.74. The average Bonchev–Trinajstić information content (AvgIpc) is 2.69. The highest BCUT2D eigenvalue weighted by atomic mass is 35.5. The van der Waals surface area contributed by atoms with Crippen LogP contribution in [0.1, 0.15) is 10.4 Å². The molecule has 4 rings (SSSR count). The number of fused-ring (bicyclic) bond motifs is 1. The Morgan fingerprint density at radius 1 is 1.12 bits per heavy atom. The number of aromatic nitrogens is 1. The van der Waals surface area contributed by atoms with Crippen LogP contribution in [0.3, 0.4) is 0 Å². The molecule has 0 bridgehead atoms. The van der Waals surface area contributed by atoms with Gasteiger partial charge in [0.05, 0.1) is 16.2 Å². The van der Waals surface area contributed by atoms with Gasteiger partial charge in [0, 0.05) is 49.4 Å². The summed E-state index contributed by atoms with van der Waals surface area (Å²) < 4.78 is 13.0. The van der Waals surface area contributed by atoms with Gasteiger partial charge in [-0.05, 0) is 42.5 Å². The van der Waals surface area contributed by atoms with E-state index in [-0.39, 0.29) is 11.7 Å². The standard InChI is InChI=1S/C20H16ClFN3O/c21-17-7-8-18(19-16(17)2-1-9-23-19)24-10-12-25(13-11-24)20(26)14-3-5-15(22)6-4-14/h1-7,9H,10-13H2. The van der Waals surface area contributed by atoms with Gasteiger partial charge >= 0.3 is 0 Å². The molecule has 1 aliphatic rings. The molecule has 1 aliphatic heterocycles. The number of pyridine rings is 1. The van der Waals surface area contributed by atoms with Gasteiger partial charge in [0.1, 0.15) is 5.82 Å². The van der Waals surface area contributed by atoms with Crippen molar-refractivity contribution in [1.82, 2.24) is 9.88 Å². The second-order valence-corrected chi connectivity index (χ2v) is 6.58. The maximum absolute atomic E-state index is 13.0. The minimum atomic E-state index is -0.343. The summed E-state index contributed by atoms with van der Waals surface area (Å²) in [6.45, 7) is 2.52. The molecule has 0 atom stereocenters. The molecule has 0 unspecified atom stereocenters. The molecule has 1 fully saturated rings. The third kappa shape index (κ3) is 3.10. The Hall–Kier alpha value is -2.66. The zero-order valence-corrected chi connectivity index (χ0v) is 14.7. The molecule has 6 heteroatoms. The van der Waals surface area contributed by atoms with Crippen molar-refractivity contribution in [2.75, 3.05) is 31.1 Å². The molecule has 2 aromatic carbocycles. The molecule has 1 saturated heterocycles. The first-order valence-electron chi connectivity index (χ1n) is 8.38. The van der Waals surface area contributed by atoms with Crippen LogP contribution in [-0.2, 0) is 0 Å². The predicted molar refractivity (Wildman–Crippen MR) is 100 cm³/mol. The van der Waals surface area contributed by atoms with E-state index in [9.17, 15) is 9.18 Å². The molecule has 26 heavy (non-hydrogen) atoms. The summed E-state index contributed by atoms with van der Waals surface area (Å²) in [5.41, 5.74) is 2.22. The van der Waals surface area contributed by atoms with Gasteiger partial charge in [-0.1, -0.05) is 11.6 Å². The number of hydrogen-bond donors (Lipinski definition) is 0. The Kier molecular flexibility index (Phi) is 4.47. The Morgan fingerprint density at radius 2 is 1.85 bits per heavy atom. The first-order chi connectivity index (χ1) is 12.6. The smallest absolute Gasteiger partial charge is 0.253 e. The number of benzene rings is 2. The molecule has 0 saturated carbocycles. The Balaban J connectivity index is 1.51. The summed E-state index contributed by atoms with van der Waals surface area (Å²) >= 11 is 6.24. The normalized spacial score (nSPS) is 14.7. The van der Waals surface area contributed by atoms with Gasteiger partial charge in [-0.15, -0.1) is 0 Å². The number of carbonyl (C=O) groups excluding carboxylic acids is 1. The van der Waals surface area contributed by atoms with Gasteiger partial charge in [-0.3, -0.25) is 9.78 Å². The zero-order chi connectivity index (χ0) is 18.1. The Bertz CT molecular complexity index is 953. The third-order valence-corrected chi connectivity index (χ3v) is 4.91. The summed E-state index contributed by atoms with van der Waals surface area (Å²) in [5, 5.41) is 1.52. The highest BCUT2D eigenvalue weighted by Gasteiger charge is 2.23. The SMILES string of the molecule is O=C(c1ccc(F)cc1)N1CCN(c2[c]cc(Cl)c3cccnc23)CC1. The minimum Gasteiger partial charge on any atom is -0.366 e. The molecule has 1 radical (unpaired) electrons. The lowest BCUT2D eigenvalue weighted by Gasteiger charge is -2.36. The summed E-state index contributed by atoms with van der Waals surface area (Å²) in [6, 6.07) is 14.4. The molecule has 0 aliphatic carbocycles. The number of halogens is 2. The molecule has 1 amide bonds. The van der Waals surface area contributed by atoms with E-state index in [1.165, 1.54) is 24.3 Å². The summed E-state index contributed by atoms with van der Waals surface area (Å²) in [7, 11) is 0. The highest BCUT2D eigenvalue weighted by molar-refractivity contribution is 6.35. The quantitative estimate of drug-likeness (QED) is 0.690. The van der Waals surface area contributed by atoms with E-state index in [4.69, 9.17) is 11.6 Å². The molecule has 0 spiro atoms. The van der Waals surface area contributed by atoms with Crippen molar-refractivity contribution in [1.29, 1.82) is 0 Å². The van der Waals surface area contributed by atoms with Gasteiger partial charge in [0.25, 0.3) is 5.91 Å². The van der Waals surface area contributed by atoms with Crippen molar-refractivity contribution in [3.05, 3.63) is 71.1 Å². The fraction of sp³-hybridized carbons (Fsp3) is 0.200. The van der Waals surface area contributed by atoms with Crippen LogP contribution in [0.15, 0.2) is 48.7 Å². The number of carbonyl (C=O) groups is 1. The fourth-order valence-corrected chi connectivity index (χ4v) is 3.42. The van der Waals surface area contributed by atoms with Crippen molar-refractivity contribution in [2.45, 2.75) is 0 Å². The molecule has 1 aromatic heterocycles. The maximum Gasteiger partial charge on any atom is 0.253 e. The molecule has 0 N–H and O–H groups in total. The van der Waals surface area contributed by atoms with E-state index >= 15 is 0 Å². The van der Waals surface area contributed by atoms with Crippen LogP contribution in [0.2, 0.25) is 5.02 Å². The highest BCUT2D eigenvalue weighted by Crippen LogP contribution is 2.30. The van der Waals surface area contributed by atoms with E-state index < -0.39 is 0 Å². The van der Waals surface area contributed by atoms with Crippen LogP contribution in [0.25, 0.3) is 10.9 Å². The van der Waals surface area contributed by atoms with E-state index in [1.54, 1.807) is 17.2 Å². The molecule has 4 nitrogen and oxygen atoms in total. The number of hydrogen-bond acceptors (Lipinski definition) is 3. The predicted octanol–water partition coefficient (Wildman–Crippen LogP) is 3.79. The van der Waals surface area contributed by atoms with E-state index in [0.717, 1.165) is 16.6 Å². The van der Waals surface area contributed by atoms with Crippen molar-refractivity contribution >= 4 is 34.1 Å². The number of amides is 1. The van der Waals surface area contributed by atoms with Gasteiger partial charge in [-0.2, -0.15) is 0 Å². The molecule has 131 valence electrons. The van der Waals surface area contributed by atoms with Crippen molar-refractivity contribution in [3.63, 3.8) is 0 Å². The van der Waals surface area contributed by atoms with Crippen LogP contribution in [0.4, 0.5) is 10.1 Å². The number of piperazine rings is 1. The van der Waals surface area contributed by atoms with Crippen LogP contribution < -0.4 is 4.90 Å². The lowest BCUT2D eigenvalue weighted by molar-refractivity contribution is 0.0747. The molecular weight excluding hydrogens is 353 g/mol. The molecule has 2 heterocycles. The Labute approximate surface area is 155 Å². The number of nitrogens with zero attached hydrogens (tertiary/aromatic N) is 3.